The predicted octanol–water partition coefficient (Wildman–Crippen LogP) is 5.13. The van der Waals surface area contributed by atoms with Gasteiger partial charge >= 0.3 is 0 Å². The van der Waals surface area contributed by atoms with Crippen molar-refractivity contribution in [1.82, 2.24) is 0 Å². The first kappa shape index (κ1) is 15.9. The quantitative estimate of drug-likeness (QED) is 0.724. The fourth-order valence-electron chi connectivity index (χ4n) is 2.12. The molecule has 2 aromatic rings. The van der Waals surface area contributed by atoms with Gasteiger partial charge in [-0.1, -0.05) is 23.7 Å². The van der Waals surface area contributed by atoms with Crippen LogP contribution in [0.5, 0.6) is 11.5 Å². The molecular weight excluding hydrogens is 314 g/mol. The average Bonchev–Trinajstić information content (AvgIpc) is 2.49. The van der Waals surface area contributed by atoms with Crippen molar-refractivity contribution in [3.63, 3.8) is 0 Å². The van der Waals surface area contributed by atoms with Crippen LogP contribution in [0.25, 0.3) is 0 Å². The van der Waals surface area contributed by atoms with Crippen molar-refractivity contribution in [2.45, 2.75) is 12.3 Å². The molecule has 0 fully saturated rings. The van der Waals surface area contributed by atoms with Crippen molar-refractivity contribution in [1.29, 1.82) is 0 Å². The van der Waals surface area contributed by atoms with E-state index in [0.717, 1.165) is 5.56 Å². The Labute approximate surface area is 133 Å². The van der Waals surface area contributed by atoms with Gasteiger partial charge in [-0.3, -0.25) is 0 Å². The van der Waals surface area contributed by atoms with E-state index >= 15 is 0 Å². The van der Waals surface area contributed by atoms with Crippen LogP contribution in [0.1, 0.15) is 22.1 Å². The van der Waals surface area contributed by atoms with E-state index in [0.29, 0.717) is 27.6 Å². The van der Waals surface area contributed by atoms with Gasteiger partial charge in [0.2, 0.25) is 0 Å². The van der Waals surface area contributed by atoms with Gasteiger partial charge in [-0.05, 0) is 36.2 Å². The molecule has 2 rings (SSSR count). The van der Waals surface area contributed by atoms with Crippen LogP contribution in [-0.4, -0.2) is 14.2 Å². The summed E-state index contributed by atoms with van der Waals surface area (Å²) in [5, 5.41) is -0.135. The zero-order valence-corrected chi connectivity index (χ0v) is 13.4. The van der Waals surface area contributed by atoms with E-state index in [1.165, 1.54) is 20.3 Å². The SMILES string of the molecule is COc1ccc(C(Cl)c2ccc(F)c(C)c2)c(OC)c1Cl. The van der Waals surface area contributed by atoms with Gasteiger partial charge in [0.1, 0.15) is 22.3 Å². The van der Waals surface area contributed by atoms with Gasteiger partial charge in [0.15, 0.2) is 0 Å². The fraction of sp³-hybridized carbons (Fsp3) is 0.250. The largest absolute Gasteiger partial charge is 0.495 e. The molecule has 0 spiro atoms. The summed E-state index contributed by atoms with van der Waals surface area (Å²) < 4.78 is 23.9. The average molecular weight is 329 g/mol. The summed E-state index contributed by atoms with van der Waals surface area (Å²) in [6, 6.07) is 8.28. The van der Waals surface area contributed by atoms with Crippen LogP contribution >= 0.6 is 23.2 Å². The molecule has 21 heavy (non-hydrogen) atoms. The molecule has 2 aromatic carbocycles. The third-order valence-corrected chi connectivity index (χ3v) is 4.11. The molecule has 0 saturated carbocycles. The Kier molecular flexibility index (Phi) is 4.96. The number of hydrogen-bond acceptors (Lipinski definition) is 2. The van der Waals surface area contributed by atoms with E-state index in [9.17, 15) is 4.39 Å². The van der Waals surface area contributed by atoms with Gasteiger partial charge < -0.3 is 9.47 Å². The van der Waals surface area contributed by atoms with Gasteiger partial charge in [-0.2, -0.15) is 0 Å². The fourth-order valence-corrected chi connectivity index (χ4v) is 2.76. The van der Waals surface area contributed by atoms with E-state index in [1.807, 2.05) is 0 Å². The number of aryl methyl sites for hydroxylation is 1. The molecule has 0 aliphatic rings. The lowest BCUT2D eigenvalue weighted by Crippen LogP contribution is -2.00. The van der Waals surface area contributed by atoms with E-state index in [4.69, 9.17) is 32.7 Å². The lowest BCUT2D eigenvalue weighted by atomic mass is 10.0. The highest BCUT2D eigenvalue weighted by Gasteiger charge is 2.21. The van der Waals surface area contributed by atoms with Gasteiger partial charge in [0.25, 0.3) is 0 Å². The Hall–Kier alpha value is -1.45. The van der Waals surface area contributed by atoms with Gasteiger partial charge in [0, 0.05) is 5.56 Å². The molecule has 0 N–H and O–H groups in total. The van der Waals surface area contributed by atoms with E-state index in [2.05, 4.69) is 0 Å². The van der Waals surface area contributed by atoms with Crippen molar-refractivity contribution in [2.75, 3.05) is 14.2 Å². The molecule has 0 bridgehead atoms. The van der Waals surface area contributed by atoms with Crippen LogP contribution in [-0.2, 0) is 0 Å². The van der Waals surface area contributed by atoms with E-state index < -0.39 is 5.38 Å². The Bertz CT molecular complexity index is 659. The minimum absolute atomic E-state index is 0.262. The number of ether oxygens (including phenoxy) is 2. The summed E-state index contributed by atoms with van der Waals surface area (Å²) in [5.74, 6) is 0.705. The summed E-state index contributed by atoms with van der Waals surface area (Å²) in [5.41, 5.74) is 2.02. The van der Waals surface area contributed by atoms with E-state index in [-0.39, 0.29) is 5.82 Å². The molecule has 0 saturated heterocycles. The smallest absolute Gasteiger partial charge is 0.146 e. The molecule has 0 aliphatic carbocycles. The summed E-state index contributed by atoms with van der Waals surface area (Å²) in [4.78, 5) is 0. The van der Waals surface area contributed by atoms with Crippen molar-refractivity contribution >= 4 is 23.2 Å². The molecule has 1 unspecified atom stereocenters. The van der Waals surface area contributed by atoms with Crippen LogP contribution in [0.3, 0.4) is 0 Å². The van der Waals surface area contributed by atoms with Crippen LogP contribution in [0, 0.1) is 12.7 Å². The van der Waals surface area contributed by atoms with Gasteiger partial charge in [0.05, 0.1) is 19.6 Å². The normalized spacial score (nSPS) is 12.1. The number of methoxy groups -OCH3 is 2. The van der Waals surface area contributed by atoms with Gasteiger partial charge in [-0.25, -0.2) is 4.39 Å². The molecule has 0 heterocycles. The second kappa shape index (κ2) is 6.54. The topological polar surface area (TPSA) is 18.5 Å². The highest BCUT2D eigenvalue weighted by atomic mass is 35.5. The molecule has 1 atom stereocenters. The molecule has 2 nitrogen and oxygen atoms in total. The standard InChI is InChI=1S/C16H15Cl2FO2/c1-9-8-10(4-6-12(9)19)14(17)11-5-7-13(20-2)15(18)16(11)21-3/h4-8,14H,1-3H3. The van der Waals surface area contributed by atoms with Crippen molar-refractivity contribution in [3.8, 4) is 11.5 Å². The number of halogens is 3. The molecule has 112 valence electrons. The lowest BCUT2D eigenvalue weighted by molar-refractivity contribution is 0.392. The maximum absolute atomic E-state index is 13.4. The first-order chi connectivity index (χ1) is 9.99. The molecule has 0 aromatic heterocycles. The highest BCUT2D eigenvalue weighted by Crippen LogP contribution is 2.43. The predicted molar refractivity (Wildman–Crippen MR) is 83.4 cm³/mol. The molecule has 0 radical (unpaired) electrons. The summed E-state index contributed by atoms with van der Waals surface area (Å²) in [6.07, 6.45) is 0. The number of rotatable bonds is 4. The summed E-state index contributed by atoms with van der Waals surface area (Å²) >= 11 is 12.7. The highest BCUT2D eigenvalue weighted by molar-refractivity contribution is 6.34. The second-order valence-corrected chi connectivity index (χ2v) is 5.39. The van der Waals surface area contributed by atoms with Crippen LogP contribution in [0.4, 0.5) is 4.39 Å². The summed E-state index contributed by atoms with van der Waals surface area (Å²) in [6.45, 7) is 1.70. The minimum atomic E-state index is -0.498. The van der Waals surface area contributed by atoms with Crippen molar-refractivity contribution < 1.29 is 13.9 Å². The monoisotopic (exact) mass is 328 g/mol. The maximum Gasteiger partial charge on any atom is 0.146 e. The Morgan fingerprint density at radius 2 is 1.81 bits per heavy atom. The summed E-state index contributed by atoms with van der Waals surface area (Å²) in [7, 11) is 3.05. The molecule has 5 heteroatoms. The lowest BCUT2D eigenvalue weighted by Gasteiger charge is -2.17. The first-order valence-electron chi connectivity index (χ1n) is 6.30. The first-order valence-corrected chi connectivity index (χ1v) is 7.11. The van der Waals surface area contributed by atoms with Crippen LogP contribution in [0.2, 0.25) is 5.02 Å². The third kappa shape index (κ3) is 3.09. The number of alkyl halides is 1. The van der Waals surface area contributed by atoms with Crippen molar-refractivity contribution in [2.24, 2.45) is 0 Å². The van der Waals surface area contributed by atoms with Gasteiger partial charge in [-0.15, -0.1) is 11.6 Å². The maximum atomic E-state index is 13.4. The zero-order chi connectivity index (χ0) is 15.6. The Morgan fingerprint density at radius 1 is 1.10 bits per heavy atom. The molecule has 0 amide bonds. The van der Waals surface area contributed by atoms with Crippen LogP contribution < -0.4 is 9.47 Å². The van der Waals surface area contributed by atoms with E-state index in [1.54, 1.807) is 31.2 Å². The molecular formula is C16H15Cl2FO2. The number of hydrogen-bond donors (Lipinski definition) is 0. The third-order valence-electron chi connectivity index (χ3n) is 3.26. The Morgan fingerprint density at radius 3 is 2.38 bits per heavy atom. The minimum Gasteiger partial charge on any atom is -0.495 e. The zero-order valence-electron chi connectivity index (χ0n) is 11.9. The number of benzene rings is 2. The van der Waals surface area contributed by atoms with Crippen molar-refractivity contribution in [3.05, 3.63) is 57.9 Å². The van der Waals surface area contributed by atoms with Crippen LogP contribution in [0.15, 0.2) is 30.3 Å². The second-order valence-electron chi connectivity index (χ2n) is 4.58. The molecule has 0 aliphatic heterocycles. The Balaban J connectivity index is 2.50.